The lowest BCUT2D eigenvalue weighted by molar-refractivity contribution is -0.128. The minimum atomic E-state index is -0.514. The zero-order valence-corrected chi connectivity index (χ0v) is 12.7. The Balaban J connectivity index is 2.40. The zero-order valence-electron chi connectivity index (χ0n) is 11.2. The third kappa shape index (κ3) is 2.88. The number of fused-ring (bicyclic) bond motifs is 1. The molecule has 1 aromatic heterocycles. The fourth-order valence-corrected chi connectivity index (χ4v) is 2.31. The lowest BCUT2D eigenvalue weighted by atomic mass is 10.3. The summed E-state index contributed by atoms with van der Waals surface area (Å²) in [5.74, 6) is 0.251. The van der Waals surface area contributed by atoms with E-state index in [0.29, 0.717) is 29.8 Å². The highest BCUT2D eigenvalue weighted by molar-refractivity contribution is 6.31. The van der Waals surface area contributed by atoms with Crippen molar-refractivity contribution in [2.75, 3.05) is 14.1 Å². The Labute approximate surface area is 126 Å². The molecule has 0 saturated carbocycles. The number of alkyl halides is 1. The van der Waals surface area contributed by atoms with E-state index in [1.165, 1.54) is 17.0 Å². The summed E-state index contributed by atoms with van der Waals surface area (Å²) in [5, 5.41) is 0.0210. The predicted molar refractivity (Wildman–Crippen MR) is 77.6 cm³/mol. The number of amides is 1. The van der Waals surface area contributed by atoms with Crippen molar-refractivity contribution in [3.63, 3.8) is 0 Å². The van der Waals surface area contributed by atoms with Crippen molar-refractivity contribution in [2.24, 2.45) is 0 Å². The van der Waals surface area contributed by atoms with Crippen LogP contribution in [0.4, 0.5) is 4.39 Å². The second-order valence-corrected chi connectivity index (χ2v) is 5.28. The van der Waals surface area contributed by atoms with E-state index in [1.807, 2.05) is 0 Å². The Morgan fingerprint density at radius 3 is 2.75 bits per heavy atom. The molecule has 0 bridgehead atoms. The van der Waals surface area contributed by atoms with Crippen molar-refractivity contribution >= 4 is 40.1 Å². The van der Waals surface area contributed by atoms with Crippen molar-refractivity contribution in [3.05, 3.63) is 28.8 Å². The third-order valence-electron chi connectivity index (χ3n) is 3.04. The highest BCUT2D eigenvalue weighted by Crippen LogP contribution is 2.24. The van der Waals surface area contributed by atoms with Gasteiger partial charge in [-0.25, -0.2) is 9.37 Å². The number of aryl methyl sites for hydroxylation is 1. The molecular formula is C13H14Cl2FN3O. The Morgan fingerprint density at radius 2 is 2.15 bits per heavy atom. The van der Waals surface area contributed by atoms with Gasteiger partial charge in [-0.3, -0.25) is 4.79 Å². The van der Waals surface area contributed by atoms with Crippen molar-refractivity contribution in [1.82, 2.24) is 14.5 Å². The minimum Gasteiger partial charge on any atom is -0.349 e. The van der Waals surface area contributed by atoms with E-state index < -0.39 is 5.82 Å². The van der Waals surface area contributed by atoms with Gasteiger partial charge in [-0.2, -0.15) is 0 Å². The second kappa shape index (κ2) is 5.97. The maximum atomic E-state index is 13.6. The fourth-order valence-electron chi connectivity index (χ4n) is 1.95. The maximum Gasteiger partial charge on any atom is 0.223 e. The highest BCUT2D eigenvalue weighted by atomic mass is 35.5. The van der Waals surface area contributed by atoms with Crippen molar-refractivity contribution < 1.29 is 9.18 Å². The first-order valence-electron chi connectivity index (χ1n) is 6.04. The van der Waals surface area contributed by atoms with Gasteiger partial charge in [0.15, 0.2) is 0 Å². The Morgan fingerprint density at radius 1 is 1.45 bits per heavy atom. The summed E-state index contributed by atoms with van der Waals surface area (Å²) < 4.78 is 15.3. The minimum absolute atomic E-state index is 0.0122. The molecule has 1 aromatic carbocycles. The molecule has 0 atom stereocenters. The number of imidazole rings is 1. The first-order valence-corrected chi connectivity index (χ1v) is 6.95. The molecule has 0 aliphatic heterocycles. The largest absolute Gasteiger partial charge is 0.349 e. The van der Waals surface area contributed by atoms with Gasteiger partial charge in [0, 0.05) is 33.1 Å². The molecule has 0 N–H and O–H groups in total. The molecule has 0 aliphatic rings. The molecule has 7 heteroatoms. The van der Waals surface area contributed by atoms with Crippen molar-refractivity contribution in [3.8, 4) is 0 Å². The highest BCUT2D eigenvalue weighted by Gasteiger charge is 2.14. The number of rotatable bonds is 4. The SMILES string of the molecule is CN(C)C(=O)CCn1c(CCl)nc2cc(Cl)c(F)cc21. The van der Waals surface area contributed by atoms with Crippen LogP contribution in [0, 0.1) is 5.82 Å². The van der Waals surface area contributed by atoms with E-state index in [2.05, 4.69) is 4.98 Å². The van der Waals surface area contributed by atoms with Gasteiger partial charge in [0.1, 0.15) is 11.6 Å². The molecule has 1 amide bonds. The van der Waals surface area contributed by atoms with Gasteiger partial charge in [0.05, 0.1) is 21.9 Å². The number of halogens is 3. The van der Waals surface area contributed by atoms with Crippen molar-refractivity contribution in [2.45, 2.75) is 18.8 Å². The van der Waals surface area contributed by atoms with E-state index in [1.54, 1.807) is 18.7 Å². The number of carbonyl (C=O) groups excluding carboxylic acids is 1. The lowest BCUT2D eigenvalue weighted by Gasteiger charge is -2.12. The van der Waals surface area contributed by atoms with Crippen molar-refractivity contribution in [1.29, 1.82) is 0 Å². The molecule has 0 spiro atoms. The van der Waals surface area contributed by atoms with Gasteiger partial charge in [-0.05, 0) is 6.07 Å². The Kier molecular flexibility index (Phi) is 4.50. The number of hydrogen-bond acceptors (Lipinski definition) is 2. The molecular weight excluding hydrogens is 304 g/mol. The van der Waals surface area contributed by atoms with Gasteiger partial charge in [-0.1, -0.05) is 11.6 Å². The normalized spacial score (nSPS) is 11.1. The van der Waals surface area contributed by atoms with Crippen LogP contribution in [0.1, 0.15) is 12.2 Å². The molecule has 0 saturated heterocycles. The first-order chi connectivity index (χ1) is 9.43. The van der Waals surface area contributed by atoms with Crippen LogP contribution in [0.15, 0.2) is 12.1 Å². The topological polar surface area (TPSA) is 38.1 Å². The zero-order chi connectivity index (χ0) is 14.9. The molecule has 0 radical (unpaired) electrons. The summed E-state index contributed by atoms with van der Waals surface area (Å²) in [6, 6.07) is 2.79. The van der Waals surface area contributed by atoms with Crippen LogP contribution in [-0.2, 0) is 17.2 Å². The lowest BCUT2D eigenvalue weighted by Crippen LogP contribution is -2.23. The average molecular weight is 318 g/mol. The molecule has 108 valence electrons. The number of carbonyl (C=O) groups is 1. The fraction of sp³-hybridized carbons (Fsp3) is 0.385. The number of hydrogen-bond donors (Lipinski definition) is 0. The number of benzene rings is 1. The summed E-state index contributed by atoms with van der Waals surface area (Å²) in [7, 11) is 3.38. The third-order valence-corrected chi connectivity index (χ3v) is 3.57. The van der Waals surface area contributed by atoms with Gasteiger partial charge >= 0.3 is 0 Å². The Hall–Kier alpha value is -1.33. The van der Waals surface area contributed by atoms with E-state index in [9.17, 15) is 9.18 Å². The van der Waals surface area contributed by atoms with Crippen LogP contribution in [0.25, 0.3) is 11.0 Å². The summed E-state index contributed by atoms with van der Waals surface area (Å²) in [6.07, 6.45) is 0.298. The monoisotopic (exact) mass is 317 g/mol. The van der Waals surface area contributed by atoms with Gasteiger partial charge in [0.2, 0.25) is 5.91 Å². The molecule has 2 aromatic rings. The van der Waals surface area contributed by atoms with Crippen LogP contribution in [0.3, 0.4) is 0 Å². The molecule has 20 heavy (non-hydrogen) atoms. The molecule has 2 rings (SSSR count). The summed E-state index contributed by atoms with van der Waals surface area (Å²) in [4.78, 5) is 17.5. The van der Waals surface area contributed by atoms with Gasteiger partial charge < -0.3 is 9.47 Å². The summed E-state index contributed by atoms with van der Waals surface area (Å²) in [5.41, 5.74) is 1.17. The van der Waals surface area contributed by atoms with Crippen LogP contribution in [0.2, 0.25) is 5.02 Å². The second-order valence-electron chi connectivity index (χ2n) is 4.61. The number of nitrogens with zero attached hydrogens (tertiary/aromatic N) is 3. The molecule has 1 heterocycles. The average Bonchev–Trinajstić information content (AvgIpc) is 2.73. The van der Waals surface area contributed by atoms with E-state index in [-0.39, 0.29) is 16.8 Å². The number of aromatic nitrogens is 2. The molecule has 0 aliphatic carbocycles. The quantitative estimate of drug-likeness (QED) is 0.813. The van der Waals surface area contributed by atoms with E-state index in [0.717, 1.165) is 0 Å². The Bertz CT molecular complexity index is 655. The van der Waals surface area contributed by atoms with Crippen LogP contribution in [-0.4, -0.2) is 34.5 Å². The first kappa shape index (κ1) is 15.1. The molecule has 4 nitrogen and oxygen atoms in total. The van der Waals surface area contributed by atoms with Crippen LogP contribution in [0.5, 0.6) is 0 Å². The summed E-state index contributed by atoms with van der Waals surface area (Å²) >= 11 is 11.6. The smallest absolute Gasteiger partial charge is 0.223 e. The van der Waals surface area contributed by atoms with E-state index >= 15 is 0 Å². The van der Waals surface area contributed by atoms with Crippen LogP contribution >= 0.6 is 23.2 Å². The summed E-state index contributed by atoms with van der Waals surface area (Å²) in [6.45, 7) is 0.399. The predicted octanol–water partition coefficient (Wildman–Crippen LogP) is 3.05. The molecule has 0 fully saturated rings. The van der Waals surface area contributed by atoms with Gasteiger partial charge in [0.25, 0.3) is 0 Å². The molecule has 0 unspecified atom stereocenters. The standard InChI is InChI=1S/C13H14Cl2FN3O/c1-18(2)13(20)3-4-19-11-6-9(16)8(15)5-10(11)17-12(19)7-14/h5-6H,3-4,7H2,1-2H3. The van der Waals surface area contributed by atoms with Crippen LogP contribution < -0.4 is 0 Å². The van der Waals surface area contributed by atoms with E-state index in [4.69, 9.17) is 23.2 Å². The van der Waals surface area contributed by atoms with Gasteiger partial charge in [-0.15, -0.1) is 11.6 Å². The maximum absolute atomic E-state index is 13.6.